The molecule has 56 valence electrons. The first-order valence-corrected chi connectivity index (χ1v) is 4.25. The van der Waals surface area contributed by atoms with E-state index < -0.39 is 0 Å². The van der Waals surface area contributed by atoms with Gasteiger partial charge < -0.3 is 5.11 Å². The van der Waals surface area contributed by atoms with Crippen molar-refractivity contribution in [1.82, 2.24) is 0 Å². The zero-order chi connectivity index (χ0) is 6.97. The van der Waals surface area contributed by atoms with E-state index in [1.807, 2.05) is 0 Å². The lowest BCUT2D eigenvalue weighted by atomic mass is 9.85. The van der Waals surface area contributed by atoms with Gasteiger partial charge in [-0.2, -0.15) is 0 Å². The molecule has 1 heteroatoms. The number of hydrogen-bond donors (Lipinski definition) is 1. The number of aliphatic hydroxyl groups excluding tert-OH is 1. The van der Waals surface area contributed by atoms with E-state index >= 15 is 0 Å². The van der Waals surface area contributed by atoms with Crippen LogP contribution in [0.2, 0.25) is 0 Å². The Morgan fingerprint density at radius 1 is 1.40 bits per heavy atom. The van der Waals surface area contributed by atoms with Crippen molar-refractivity contribution in [2.24, 2.45) is 5.92 Å². The molecule has 2 aliphatic rings. The smallest absolute Gasteiger partial charge is 0.0639 e. The van der Waals surface area contributed by atoms with Crippen molar-refractivity contribution in [3.05, 3.63) is 11.6 Å². The second-order valence-corrected chi connectivity index (χ2v) is 3.43. The highest BCUT2D eigenvalue weighted by Gasteiger charge is 2.29. The van der Waals surface area contributed by atoms with Crippen LogP contribution >= 0.6 is 0 Å². The Kier molecular flexibility index (Phi) is 1.53. The van der Waals surface area contributed by atoms with Gasteiger partial charge in [0, 0.05) is 5.92 Å². The average molecular weight is 138 g/mol. The molecule has 0 radical (unpaired) electrons. The topological polar surface area (TPSA) is 20.2 Å². The van der Waals surface area contributed by atoms with Crippen LogP contribution in [0.25, 0.3) is 0 Å². The van der Waals surface area contributed by atoms with Gasteiger partial charge in [-0.3, -0.25) is 0 Å². The lowest BCUT2D eigenvalue weighted by Crippen LogP contribution is -2.18. The molecule has 0 aromatic heterocycles. The zero-order valence-corrected chi connectivity index (χ0v) is 6.21. The highest BCUT2D eigenvalue weighted by atomic mass is 16.3. The number of aliphatic hydroxyl groups is 1. The van der Waals surface area contributed by atoms with Crippen molar-refractivity contribution in [1.29, 1.82) is 0 Å². The van der Waals surface area contributed by atoms with Crippen LogP contribution in [0.4, 0.5) is 0 Å². The summed E-state index contributed by atoms with van der Waals surface area (Å²) in [4.78, 5) is 0. The van der Waals surface area contributed by atoms with Crippen LogP contribution in [-0.4, -0.2) is 11.2 Å². The molecular weight excluding hydrogens is 124 g/mol. The van der Waals surface area contributed by atoms with Crippen molar-refractivity contribution in [2.45, 2.75) is 38.2 Å². The van der Waals surface area contributed by atoms with Crippen LogP contribution in [0.15, 0.2) is 11.6 Å². The van der Waals surface area contributed by atoms with Gasteiger partial charge in [0.2, 0.25) is 0 Å². The molecule has 0 aliphatic heterocycles. The molecule has 0 aromatic rings. The fourth-order valence-electron chi connectivity index (χ4n) is 2.19. The average Bonchev–Trinajstić information content (AvgIpc) is 2.34. The molecule has 10 heavy (non-hydrogen) atoms. The maximum atomic E-state index is 9.47. The molecule has 2 aliphatic carbocycles. The number of fused-ring (bicyclic) bond motifs is 1. The molecule has 0 saturated heterocycles. The Balaban J connectivity index is 2.11. The van der Waals surface area contributed by atoms with E-state index in [9.17, 15) is 5.11 Å². The number of rotatable bonds is 0. The van der Waals surface area contributed by atoms with E-state index in [4.69, 9.17) is 0 Å². The molecule has 0 aromatic carbocycles. The maximum Gasteiger partial charge on any atom is 0.0639 e. The molecule has 0 amide bonds. The summed E-state index contributed by atoms with van der Waals surface area (Å²) in [6, 6.07) is 0. The molecule has 0 bridgehead atoms. The minimum absolute atomic E-state index is 0.0321. The monoisotopic (exact) mass is 138 g/mol. The lowest BCUT2D eigenvalue weighted by Gasteiger charge is -2.23. The van der Waals surface area contributed by atoms with Crippen molar-refractivity contribution in [2.75, 3.05) is 0 Å². The van der Waals surface area contributed by atoms with Gasteiger partial charge >= 0.3 is 0 Å². The van der Waals surface area contributed by atoms with Gasteiger partial charge in [0.05, 0.1) is 6.10 Å². The molecule has 2 unspecified atom stereocenters. The lowest BCUT2D eigenvalue weighted by molar-refractivity contribution is 0.127. The maximum absolute atomic E-state index is 9.47. The van der Waals surface area contributed by atoms with Gasteiger partial charge in [0.15, 0.2) is 0 Å². The summed E-state index contributed by atoms with van der Waals surface area (Å²) in [6.07, 6.45) is 8.27. The first-order chi connectivity index (χ1) is 4.88. The Morgan fingerprint density at radius 2 is 2.30 bits per heavy atom. The van der Waals surface area contributed by atoms with Crippen LogP contribution in [0.3, 0.4) is 0 Å². The van der Waals surface area contributed by atoms with Crippen LogP contribution in [-0.2, 0) is 0 Å². The summed E-state index contributed by atoms with van der Waals surface area (Å²) in [6.45, 7) is 0. The van der Waals surface area contributed by atoms with Crippen molar-refractivity contribution >= 4 is 0 Å². The largest absolute Gasteiger partial charge is 0.392 e. The van der Waals surface area contributed by atoms with E-state index in [1.54, 1.807) is 5.57 Å². The number of hydrogen-bond acceptors (Lipinski definition) is 1. The fraction of sp³-hybridized carbons (Fsp3) is 0.778. The van der Waals surface area contributed by atoms with Crippen LogP contribution in [0.5, 0.6) is 0 Å². The molecule has 0 heterocycles. The second kappa shape index (κ2) is 2.39. The molecule has 1 saturated carbocycles. The molecule has 2 rings (SSSR count). The van der Waals surface area contributed by atoms with Crippen molar-refractivity contribution in [3.8, 4) is 0 Å². The molecule has 2 atom stereocenters. The van der Waals surface area contributed by atoms with Crippen LogP contribution in [0, 0.1) is 5.92 Å². The quantitative estimate of drug-likeness (QED) is 0.507. The SMILES string of the molecule is OC1CC=C2CCCCC21. The van der Waals surface area contributed by atoms with Crippen LogP contribution in [0.1, 0.15) is 32.1 Å². The second-order valence-electron chi connectivity index (χ2n) is 3.43. The molecule has 1 nitrogen and oxygen atoms in total. The highest BCUT2D eigenvalue weighted by molar-refractivity contribution is 5.17. The minimum Gasteiger partial charge on any atom is -0.392 e. The van der Waals surface area contributed by atoms with E-state index in [-0.39, 0.29) is 6.10 Å². The van der Waals surface area contributed by atoms with Gasteiger partial charge in [-0.15, -0.1) is 0 Å². The Bertz CT molecular complexity index is 160. The third-order valence-corrected chi connectivity index (χ3v) is 2.79. The van der Waals surface area contributed by atoms with Gasteiger partial charge in [-0.1, -0.05) is 18.1 Å². The van der Waals surface area contributed by atoms with E-state index in [2.05, 4.69) is 6.08 Å². The van der Waals surface area contributed by atoms with E-state index in [0.29, 0.717) is 5.92 Å². The molecule has 1 N–H and O–H groups in total. The first-order valence-electron chi connectivity index (χ1n) is 4.25. The summed E-state index contributed by atoms with van der Waals surface area (Å²) in [5, 5.41) is 9.47. The minimum atomic E-state index is -0.0321. The van der Waals surface area contributed by atoms with E-state index in [1.165, 1.54) is 25.7 Å². The molecule has 0 spiro atoms. The third kappa shape index (κ3) is 0.891. The summed E-state index contributed by atoms with van der Waals surface area (Å²) in [5.41, 5.74) is 1.54. The normalized spacial score (nSPS) is 39.1. The Labute approximate surface area is 61.8 Å². The summed E-state index contributed by atoms with van der Waals surface area (Å²) in [7, 11) is 0. The van der Waals surface area contributed by atoms with Crippen molar-refractivity contribution in [3.63, 3.8) is 0 Å². The molecular formula is C9H14O. The van der Waals surface area contributed by atoms with Gasteiger partial charge in [-0.25, -0.2) is 0 Å². The summed E-state index contributed by atoms with van der Waals surface area (Å²) < 4.78 is 0. The fourth-order valence-corrected chi connectivity index (χ4v) is 2.19. The predicted octanol–water partition coefficient (Wildman–Crippen LogP) is 1.87. The summed E-state index contributed by atoms with van der Waals surface area (Å²) >= 11 is 0. The summed E-state index contributed by atoms with van der Waals surface area (Å²) in [5.74, 6) is 0.550. The van der Waals surface area contributed by atoms with Gasteiger partial charge in [0.1, 0.15) is 0 Å². The first kappa shape index (κ1) is 6.41. The van der Waals surface area contributed by atoms with E-state index in [0.717, 1.165) is 6.42 Å². The van der Waals surface area contributed by atoms with Crippen LogP contribution < -0.4 is 0 Å². The third-order valence-electron chi connectivity index (χ3n) is 2.79. The van der Waals surface area contributed by atoms with Crippen molar-refractivity contribution < 1.29 is 5.11 Å². The highest BCUT2D eigenvalue weighted by Crippen LogP contribution is 2.37. The zero-order valence-electron chi connectivity index (χ0n) is 6.21. The predicted molar refractivity (Wildman–Crippen MR) is 40.7 cm³/mol. The standard InChI is InChI=1S/C9H14O/c10-9-6-5-7-3-1-2-4-8(7)9/h5,8-10H,1-4,6H2. The Hall–Kier alpha value is -0.300. The van der Waals surface area contributed by atoms with Gasteiger partial charge in [-0.05, 0) is 25.7 Å². The van der Waals surface area contributed by atoms with Gasteiger partial charge in [0.25, 0.3) is 0 Å². The molecule has 1 fully saturated rings. The Morgan fingerprint density at radius 3 is 3.10 bits per heavy atom.